The number of aromatic nitrogens is 1. The first-order chi connectivity index (χ1) is 7.68. The van der Waals surface area contributed by atoms with Crippen LogP contribution >= 0.6 is 11.6 Å². The summed E-state index contributed by atoms with van der Waals surface area (Å²) >= 11 is 5.80. The Hall–Kier alpha value is -1.13. The summed E-state index contributed by atoms with van der Waals surface area (Å²) in [7, 11) is 0. The van der Waals surface area contributed by atoms with E-state index in [4.69, 9.17) is 22.1 Å². The highest BCUT2D eigenvalue weighted by Crippen LogP contribution is 2.23. The van der Waals surface area contributed by atoms with E-state index >= 15 is 0 Å². The second-order valence-corrected chi connectivity index (χ2v) is 4.30. The zero-order chi connectivity index (χ0) is 11.5. The number of halogens is 1. The summed E-state index contributed by atoms with van der Waals surface area (Å²) in [6.07, 6.45) is 3.18. The molecule has 86 valence electrons. The number of carbonyl (C=O) groups excluding carboxylic acids is 1. The Bertz CT molecular complexity index is 403. The molecule has 16 heavy (non-hydrogen) atoms. The molecule has 5 heteroatoms. The van der Waals surface area contributed by atoms with Crippen LogP contribution in [0.4, 0.5) is 5.82 Å². The second-order valence-electron chi connectivity index (χ2n) is 3.86. The van der Waals surface area contributed by atoms with Gasteiger partial charge in [0.1, 0.15) is 5.82 Å². The van der Waals surface area contributed by atoms with E-state index in [0.29, 0.717) is 17.2 Å². The standard InChI is InChI=1S/C11H13ClN2O2/c12-8-4-9(11(13)14-5-8)10(15)7-2-1-3-16-6-7/h4-5,7H,1-3,6H2,(H2,13,14). The second kappa shape index (κ2) is 4.80. The molecule has 0 spiro atoms. The number of ketones is 1. The average molecular weight is 241 g/mol. The van der Waals surface area contributed by atoms with Gasteiger partial charge in [0.05, 0.1) is 17.2 Å². The summed E-state index contributed by atoms with van der Waals surface area (Å²) in [6, 6.07) is 1.57. The SMILES string of the molecule is Nc1ncc(Cl)cc1C(=O)C1CCCOC1. The van der Waals surface area contributed by atoms with E-state index in [-0.39, 0.29) is 17.5 Å². The van der Waals surface area contributed by atoms with Gasteiger partial charge in [-0.2, -0.15) is 0 Å². The molecule has 1 atom stereocenters. The third-order valence-electron chi connectivity index (χ3n) is 2.68. The summed E-state index contributed by atoms with van der Waals surface area (Å²) in [4.78, 5) is 16.0. The highest BCUT2D eigenvalue weighted by atomic mass is 35.5. The minimum absolute atomic E-state index is 0.0211. The number of ether oxygens (including phenoxy) is 1. The molecule has 1 saturated heterocycles. The van der Waals surface area contributed by atoms with Gasteiger partial charge in [-0.1, -0.05) is 11.6 Å². The molecule has 2 rings (SSSR count). The minimum atomic E-state index is -0.115. The van der Waals surface area contributed by atoms with Crippen molar-refractivity contribution >= 4 is 23.2 Å². The molecule has 0 aliphatic carbocycles. The van der Waals surface area contributed by atoms with Crippen LogP contribution in [0.5, 0.6) is 0 Å². The molecule has 1 aliphatic heterocycles. The van der Waals surface area contributed by atoms with Crippen LogP contribution in [0, 0.1) is 5.92 Å². The van der Waals surface area contributed by atoms with Gasteiger partial charge in [0.15, 0.2) is 5.78 Å². The van der Waals surface area contributed by atoms with E-state index in [0.717, 1.165) is 19.4 Å². The third-order valence-corrected chi connectivity index (χ3v) is 2.89. The van der Waals surface area contributed by atoms with E-state index in [1.807, 2.05) is 0 Å². The van der Waals surface area contributed by atoms with Gasteiger partial charge in [0, 0.05) is 18.7 Å². The number of rotatable bonds is 2. The average Bonchev–Trinajstić information content (AvgIpc) is 2.32. The number of nitrogens with zero attached hydrogens (tertiary/aromatic N) is 1. The molecule has 1 aromatic rings. The van der Waals surface area contributed by atoms with Crippen molar-refractivity contribution in [1.82, 2.24) is 4.98 Å². The third kappa shape index (κ3) is 2.33. The molecule has 4 nitrogen and oxygen atoms in total. The van der Waals surface area contributed by atoms with Crippen molar-refractivity contribution in [2.24, 2.45) is 5.92 Å². The normalized spacial score (nSPS) is 20.7. The van der Waals surface area contributed by atoms with E-state index in [1.165, 1.54) is 6.20 Å². The fourth-order valence-electron chi connectivity index (χ4n) is 1.81. The minimum Gasteiger partial charge on any atom is -0.383 e. The Labute approximate surface area is 98.8 Å². The first-order valence-corrected chi connectivity index (χ1v) is 5.59. The van der Waals surface area contributed by atoms with Crippen LogP contribution in [0.2, 0.25) is 5.02 Å². The van der Waals surface area contributed by atoms with Crippen molar-refractivity contribution in [3.8, 4) is 0 Å². The maximum absolute atomic E-state index is 12.1. The monoisotopic (exact) mass is 240 g/mol. The Kier molecular flexibility index (Phi) is 3.41. The maximum atomic E-state index is 12.1. The molecule has 2 heterocycles. The van der Waals surface area contributed by atoms with Crippen LogP contribution < -0.4 is 5.73 Å². The van der Waals surface area contributed by atoms with Crippen LogP contribution in [-0.4, -0.2) is 24.0 Å². The number of carbonyl (C=O) groups is 1. The van der Waals surface area contributed by atoms with Crippen LogP contribution in [0.3, 0.4) is 0 Å². The Balaban J connectivity index is 2.22. The summed E-state index contributed by atoms with van der Waals surface area (Å²) < 4.78 is 5.28. The summed E-state index contributed by atoms with van der Waals surface area (Å²) in [6.45, 7) is 1.19. The number of hydrogen-bond acceptors (Lipinski definition) is 4. The molecule has 1 unspecified atom stereocenters. The molecule has 0 aromatic carbocycles. The quantitative estimate of drug-likeness (QED) is 0.803. The van der Waals surface area contributed by atoms with Crippen molar-refractivity contribution in [2.75, 3.05) is 18.9 Å². The van der Waals surface area contributed by atoms with Gasteiger partial charge in [-0.15, -0.1) is 0 Å². The first kappa shape index (κ1) is 11.4. The zero-order valence-corrected chi connectivity index (χ0v) is 9.54. The summed E-state index contributed by atoms with van der Waals surface area (Å²) in [5.74, 6) is 0.100. The number of pyridine rings is 1. The van der Waals surface area contributed by atoms with E-state index in [2.05, 4.69) is 4.98 Å². The van der Waals surface area contributed by atoms with Crippen molar-refractivity contribution in [3.63, 3.8) is 0 Å². The first-order valence-electron chi connectivity index (χ1n) is 5.21. The highest BCUT2D eigenvalue weighted by molar-refractivity contribution is 6.31. The fraction of sp³-hybridized carbons (Fsp3) is 0.455. The number of anilines is 1. The maximum Gasteiger partial charge on any atom is 0.171 e. The topological polar surface area (TPSA) is 65.2 Å². The zero-order valence-electron chi connectivity index (χ0n) is 8.78. The van der Waals surface area contributed by atoms with Gasteiger partial charge in [0.25, 0.3) is 0 Å². The van der Waals surface area contributed by atoms with Gasteiger partial charge in [0.2, 0.25) is 0 Å². The molecule has 1 aliphatic rings. The number of hydrogen-bond donors (Lipinski definition) is 1. The Morgan fingerprint density at radius 1 is 1.62 bits per heavy atom. The summed E-state index contributed by atoms with van der Waals surface area (Å²) in [5.41, 5.74) is 6.07. The van der Waals surface area contributed by atoms with Gasteiger partial charge < -0.3 is 10.5 Å². The lowest BCUT2D eigenvalue weighted by Crippen LogP contribution is -2.26. The fourth-order valence-corrected chi connectivity index (χ4v) is 1.97. The predicted octanol–water partition coefficient (Wildman–Crippen LogP) is 1.93. The van der Waals surface area contributed by atoms with E-state index < -0.39 is 0 Å². The molecular weight excluding hydrogens is 228 g/mol. The molecule has 0 amide bonds. The molecule has 0 radical (unpaired) electrons. The van der Waals surface area contributed by atoms with E-state index in [9.17, 15) is 4.79 Å². The number of Topliss-reactive ketones (excluding diaryl/α,β-unsaturated/α-hetero) is 1. The van der Waals surface area contributed by atoms with Gasteiger partial charge in [-0.25, -0.2) is 4.98 Å². The lowest BCUT2D eigenvalue weighted by atomic mass is 9.93. The lowest BCUT2D eigenvalue weighted by molar-refractivity contribution is 0.0462. The lowest BCUT2D eigenvalue weighted by Gasteiger charge is -2.21. The molecular formula is C11H13ClN2O2. The molecule has 1 fully saturated rings. The van der Waals surface area contributed by atoms with E-state index in [1.54, 1.807) is 6.07 Å². The van der Waals surface area contributed by atoms with Gasteiger partial charge in [-0.05, 0) is 18.9 Å². The van der Waals surface area contributed by atoms with Crippen LogP contribution in [0.1, 0.15) is 23.2 Å². The largest absolute Gasteiger partial charge is 0.383 e. The Morgan fingerprint density at radius 2 is 2.44 bits per heavy atom. The van der Waals surface area contributed by atoms with Gasteiger partial charge in [-0.3, -0.25) is 4.79 Å². The summed E-state index contributed by atoms with van der Waals surface area (Å²) in [5, 5.41) is 0.425. The molecule has 2 N–H and O–H groups in total. The van der Waals surface area contributed by atoms with Gasteiger partial charge >= 0.3 is 0 Å². The van der Waals surface area contributed by atoms with Crippen molar-refractivity contribution in [1.29, 1.82) is 0 Å². The van der Waals surface area contributed by atoms with Crippen LogP contribution in [0.25, 0.3) is 0 Å². The number of nitrogens with two attached hydrogens (primary N) is 1. The van der Waals surface area contributed by atoms with Crippen LogP contribution in [0.15, 0.2) is 12.3 Å². The smallest absolute Gasteiger partial charge is 0.171 e. The molecule has 1 aromatic heterocycles. The molecule has 0 saturated carbocycles. The highest BCUT2D eigenvalue weighted by Gasteiger charge is 2.25. The van der Waals surface area contributed by atoms with Crippen LogP contribution in [-0.2, 0) is 4.74 Å². The number of nitrogen functional groups attached to an aromatic ring is 1. The Morgan fingerprint density at radius 3 is 3.12 bits per heavy atom. The molecule has 0 bridgehead atoms. The van der Waals surface area contributed by atoms with Crippen molar-refractivity contribution in [3.05, 3.63) is 22.8 Å². The van der Waals surface area contributed by atoms with Crippen molar-refractivity contribution in [2.45, 2.75) is 12.8 Å². The van der Waals surface area contributed by atoms with Crippen molar-refractivity contribution < 1.29 is 9.53 Å². The predicted molar refractivity (Wildman–Crippen MR) is 61.5 cm³/mol.